The molecule has 0 spiro atoms. The minimum absolute atomic E-state index is 0.0749. The van der Waals surface area contributed by atoms with E-state index < -0.39 is 5.82 Å². The summed E-state index contributed by atoms with van der Waals surface area (Å²) in [6, 6.07) is 3.08. The van der Waals surface area contributed by atoms with Gasteiger partial charge in [-0.2, -0.15) is 0 Å². The van der Waals surface area contributed by atoms with Crippen LogP contribution in [0.2, 0.25) is 5.02 Å². The summed E-state index contributed by atoms with van der Waals surface area (Å²) in [5, 5.41) is 0.0749. The predicted molar refractivity (Wildman–Crippen MR) is 59.5 cm³/mol. The topological polar surface area (TPSA) is 9.23 Å². The summed E-state index contributed by atoms with van der Waals surface area (Å²) in [5.74, 6) is -0.288. The Labute approximate surface area is 96.3 Å². The molecule has 0 bridgehead atoms. The predicted octanol–water partition coefficient (Wildman–Crippen LogP) is 4.42. The first-order chi connectivity index (χ1) is 6.65. The Morgan fingerprint density at radius 2 is 2.21 bits per heavy atom. The van der Waals surface area contributed by atoms with Crippen LogP contribution in [0.25, 0.3) is 0 Å². The highest BCUT2D eigenvalue weighted by atomic mass is 79.9. The van der Waals surface area contributed by atoms with Crippen LogP contribution in [0, 0.1) is 5.82 Å². The van der Waals surface area contributed by atoms with Crippen LogP contribution in [0.3, 0.4) is 0 Å². The number of hydrogen-bond donors (Lipinski definition) is 0. The lowest BCUT2D eigenvalue weighted by atomic mass is 10.3. The number of benzene rings is 1. The third-order valence-corrected chi connectivity index (χ3v) is 2.45. The summed E-state index contributed by atoms with van der Waals surface area (Å²) in [6.45, 7) is 2.56. The molecule has 0 aromatic heterocycles. The van der Waals surface area contributed by atoms with E-state index in [1.54, 1.807) is 6.07 Å². The Balaban J connectivity index is 2.75. The van der Waals surface area contributed by atoms with E-state index in [0.29, 0.717) is 6.61 Å². The lowest BCUT2D eigenvalue weighted by Crippen LogP contribution is -1.99. The van der Waals surface area contributed by atoms with E-state index in [9.17, 15) is 4.39 Å². The second-order valence-electron chi connectivity index (χ2n) is 2.90. The third kappa shape index (κ3) is 3.14. The van der Waals surface area contributed by atoms with Gasteiger partial charge in [0.2, 0.25) is 0 Å². The summed E-state index contributed by atoms with van der Waals surface area (Å²) in [7, 11) is 0. The molecule has 0 saturated heterocycles. The van der Waals surface area contributed by atoms with E-state index in [0.717, 1.165) is 17.3 Å². The maximum atomic E-state index is 13.3. The van der Waals surface area contributed by atoms with Crippen molar-refractivity contribution >= 4 is 27.5 Å². The zero-order chi connectivity index (χ0) is 10.6. The van der Waals surface area contributed by atoms with E-state index >= 15 is 0 Å². The van der Waals surface area contributed by atoms with E-state index in [1.807, 2.05) is 6.92 Å². The molecule has 14 heavy (non-hydrogen) atoms. The first-order valence-corrected chi connectivity index (χ1v) is 5.59. The minimum Gasteiger partial charge on any atom is -0.490 e. The number of rotatable bonds is 4. The zero-order valence-electron chi connectivity index (χ0n) is 7.82. The summed E-state index contributed by atoms with van der Waals surface area (Å²) >= 11 is 8.87. The molecule has 0 fully saturated rings. The summed E-state index contributed by atoms with van der Waals surface area (Å²) in [6.07, 6.45) is 1.92. The van der Waals surface area contributed by atoms with E-state index in [4.69, 9.17) is 16.3 Å². The molecule has 1 rings (SSSR count). The van der Waals surface area contributed by atoms with Crippen molar-refractivity contribution in [1.82, 2.24) is 0 Å². The van der Waals surface area contributed by atoms with Crippen LogP contribution >= 0.6 is 27.5 Å². The normalized spacial score (nSPS) is 10.3. The van der Waals surface area contributed by atoms with Gasteiger partial charge >= 0.3 is 0 Å². The van der Waals surface area contributed by atoms with Gasteiger partial charge in [0.1, 0.15) is 0 Å². The molecule has 0 aliphatic heterocycles. The van der Waals surface area contributed by atoms with Gasteiger partial charge in [0, 0.05) is 4.47 Å². The Morgan fingerprint density at radius 3 is 2.86 bits per heavy atom. The quantitative estimate of drug-likeness (QED) is 0.586. The van der Waals surface area contributed by atoms with Crippen LogP contribution in [0.5, 0.6) is 5.75 Å². The fraction of sp³-hybridized carbons (Fsp3) is 0.400. The van der Waals surface area contributed by atoms with Gasteiger partial charge in [-0.25, -0.2) is 4.39 Å². The van der Waals surface area contributed by atoms with Crippen molar-refractivity contribution in [3.05, 3.63) is 27.4 Å². The van der Waals surface area contributed by atoms with Crippen molar-refractivity contribution < 1.29 is 9.13 Å². The van der Waals surface area contributed by atoms with Crippen molar-refractivity contribution in [3.63, 3.8) is 0 Å². The molecule has 0 aliphatic rings. The molecule has 1 nitrogen and oxygen atoms in total. The van der Waals surface area contributed by atoms with Crippen LogP contribution in [-0.2, 0) is 0 Å². The van der Waals surface area contributed by atoms with Gasteiger partial charge in [0.15, 0.2) is 11.6 Å². The largest absolute Gasteiger partial charge is 0.490 e. The lowest BCUT2D eigenvalue weighted by Gasteiger charge is -2.07. The summed E-state index contributed by atoms with van der Waals surface area (Å²) < 4.78 is 19.3. The first-order valence-electron chi connectivity index (χ1n) is 4.42. The number of ether oxygens (including phenoxy) is 1. The first kappa shape index (κ1) is 11.8. The van der Waals surface area contributed by atoms with E-state index in [-0.39, 0.29) is 10.8 Å². The molecule has 0 atom stereocenters. The Hall–Kier alpha value is -0.280. The molecule has 0 saturated carbocycles. The van der Waals surface area contributed by atoms with Gasteiger partial charge in [-0.3, -0.25) is 0 Å². The van der Waals surface area contributed by atoms with Gasteiger partial charge in [0.05, 0.1) is 11.6 Å². The van der Waals surface area contributed by atoms with Gasteiger partial charge < -0.3 is 4.74 Å². The summed E-state index contributed by atoms with van der Waals surface area (Å²) in [4.78, 5) is 0. The van der Waals surface area contributed by atoms with Crippen molar-refractivity contribution in [2.75, 3.05) is 6.61 Å². The lowest BCUT2D eigenvalue weighted by molar-refractivity contribution is 0.294. The highest BCUT2D eigenvalue weighted by molar-refractivity contribution is 9.10. The molecule has 0 unspecified atom stereocenters. The van der Waals surface area contributed by atoms with Crippen LogP contribution in [-0.4, -0.2) is 6.61 Å². The fourth-order valence-corrected chi connectivity index (χ4v) is 1.74. The van der Waals surface area contributed by atoms with Crippen LogP contribution in [0.1, 0.15) is 19.8 Å². The molecule has 0 amide bonds. The van der Waals surface area contributed by atoms with Gasteiger partial charge in [-0.15, -0.1) is 0 Å². The van der Waals surface area contributed by atoms with E-state index in [2.05, 4.69) is 15.9 Å². The van der Waals surface area contributed by atoms with Crippen molar-refractivity contribution in [2.24, 2.45) is 0 Å². The van der Waals surface area contributed by atoms with Gasteiger partial charge in [-0.1, -0.05) is 40.9 Å². The highest BCUT2D eigenvalue weighted by Gasteiger charge is 2.09. The maximum absolute atomic E-state index is 13.3. The van der Waals surface area contributed by atoms with Crippen LogP contribution in [0.4, 0.5) is 4.39 Å². The maximum Gasteiger partial charge on any atom is 0.183 e. The average Bonchev–Trinajstić information content (AvgIpc) is 2.13. The Bertz CT molecular complexity index is 317. The van der Waals surface area contributed by atoms with Crippen molar-refractivity contribution in [3.8, 4) is 5.75 Å². The molecule has 0 aliphatic carbocycles. The zero-order valence-corrected chi connectivity index (χ0v) is 10.2. The van der Waals surface area contributed by atoms with Crippen LogP contribution in [0.15, 0.2) is 16.6 Å². The fourth-order valence-electron chi connectivity index (χ4n) is 0.964. The average molecular weight is 282 g/mol. The molecule has 0 radical (unpaired) electrons. The standard InChI is InChI=1S/C10H11BrClFO/c1-2-3-4-14-9-6-7(11)5-8(12)10(9)13/h5-6H,2-4H2,1H3. The molecular weight excluding hydrogens is 270 g/mol. The monoisotopic (exact) mass is 280 g/mol. The second-order valence-corrected chi connectivity index (χ2v) is 4.22. The smallest absolute Gasteiger partial charge is 0.183 e. The summed E-state index contributed by atoms with van der Waals surface area (Å²) in [5.41, 5.74) is 0. The molecular formula is C10H11BrClFO. The minimum atomic E-state index is -0.494. The Kier molecular flexibility index (Phi) is 4.69. The number of hydrogen-bond acceptors (Lipinski definition) is 1. The van der Waals surface area contributed by atoms with Gasteiger partial charge in [0.25, 0.3) is 0 Å². The molecule has 0 N–H and O–H groups in total. The molecule has 4 heteroatoms. The molecule has 1 aromatic rings. The van der Waals surface area contributed by atoms with Crippen molar-refractivity contribution in [1.29, 1.82) is 0 Å². The molecule has 1 aromatic carbocycles. The number of unbranched alkanes of at least 4 members (excludes halogenated alkanes) is 1. The van der Waals surface area contributed by atoms with Crippen LogP contribution < -0.4 is 4.74 Å². The third-order valence-electron chi connectivity index (χ3n) is 1.72. The van der Waals surface area contributed by atoms with E-state index in [1.165, 1.54) is 6.07 Å². The van der Waals surface area contributed by atoms with Gasteiger partial charge in [-0.05, 0) is 18.6 Å². The highest BCUT2D eigenvalue weighted by Crippen LogP contribution is 2.29. The number of halogens is 3. The second kappa shape index (κ2) is 5.56. The van der Waals surface area contributed by atoms with Crippen molar-refractivity contribution in [2.45, 2.75) is 19.8 Å². The molecule has 78 valence electrons. The molecule has 0 heterocycles. The SMILES string of the molecule is CCCCOc1cc(Br)cc(Cl)c1F. The Morgan fingerprint density at radius 1 is 1.50 bits per heavy atom.